The van der Waals surface area contributed by atoms with Crippen LogP contribution in [0.25, 0.3) is 0 Å². The highest BCUT2D eigenvalue weighted by Gasteiger charge is 2.39. The zero-order valence-electron chi connectivity index (χ0n) is 18.6. The van der Waals surface area contributed by atoms with Crippen molar-refractivity contribution in [2.75, 3.05) is 11.4 Å². The smallest absolute Gasteiger partial charge is 0.279 e. The first-order chi connectivity index (χ1) is 16.7. The van der Waals surface area contributed by atoms with E-state index >= 15 is 0 Å². The van der Waals surface area contributed by atoms with Crippen LogP contribution >= 0.6 is 0 Å². The van der Waals surface area contributed by atoms with Gasteiger partial charge in [-0.05, 0) is 37.5 Å². The zero-order valence-corrected chi connectivity index (χ0v) is 18.6. The molecule has 0 aliphatic carbocycles. The highest BCUT2D eigenvalue weighted by Crippen LogP contribution is 2.38. The minimum Gasteiger partial charge on any atom is -0.503 e. The summed E-state index contributed by atoms with van der Waals surface area (Å²) in [6.07, 6.45) is 2.11. The number of pyridine rings is 1. The van der Waals surface area contributed by atoms with Crippen LogP contribution < -0.4 is 15.6 Å². The van der Waals surface area contributed by atoms with Gasteiger partial charge in [-0.3, -0.25) is 14.4 Å². The monoisotopic (exact) mass is 483 g/mol. The minimum atomic E-state index is -1.08. The summed E-state index contributed by atoms with van der Waals surface area (Å²) in [7, 11) is 0. The Morgan fingerprint density at radius 2 is 1.91 bits per heavy atom. The number of nitrogens with zero attached hydrogens (tertiary/aromatic N) is 2. The van der Waals surface area contributed by atoms with E-state index in [2.05, 4.69) is 5.32 Å². The largest absolute Gasteiger partial charge is 0.503 e. The lowest BCUT2D eigenvalue weighted by molar-refractivity contribution is 0.0929. The normalized spacial score (nSPS) is 16.4. The number of fused-ring (bicyclic) bond motifs is 6. The lowest BCUT2D eigenvalue weighted by Crippen LogP contribution is -2.45. The Labute approximate surface area is 197 Å². The van der Waals surface area contributed by atoms with Crippen molar-refractivity contribution in [1.82, 2.24) is 9.88 Å². The molecule has 3 heterocycles. The Hall–Kier alpha value is -4.08. The van der Waals surface area contributed by atoms with E-state index < -0.39 is 52.0 Å². The number of aromatic nitrogens is 1. The number of halogens is 3. The van der Waals surface area contributed by atoms with Crippen LogP contribution in [0.3, 0.4) is 0 Å². The topological polar surface area (TPSA) is 91.6 Å². The minimum absolute atomic E-state index is 0.0221. The molecule has 1 atom stereocenters. The molecule has 5 rings (SSSR count). The molecule has 0 radical (unpaired) electrons. The number of hydrogen-bond acceptors (Lipinski definition) is 4. The number of benzene rings is 2. The van der Waals surface area contributed by atoms with Crippen molar-refractivity contribution in [1.29, 1.82) is 0 Å². The number of hydrogen-bond donors (Lipinski definition) is 2. The molecule has 1 aromatic heterocycles. The Bertz CT molecular complexity index is 1470. The molecule has 2 aromatic carbocycles. The lowest BCUT2D eigenvalue weighted by Gasteiger charge is -2.35. The van der Waals surface area contributed by atoms with Crippen LogP contribution in [-0.4, -0.2) is 28.0 Å². The fraction of sp³-hybridized carbons (Fsp3) is 0.240. The number of carbonyl (C=O) groups is 2. The van der Waals surface area contributed by atoms with Crippen molar-refractivity contribution in [2.24, 2.45) is 0 Å². The van der Waals surface area contributed by atoms with Gasteiger partial charge in [0.25, 0.3) is 11.8 Å². The predicted octanol–water partition coefficient (Wildman–Crippen LogP) is 3.36. The average Bonchev–Trinajstić information content (AvgIpc) is 3.01. The van der Waals surface area contributed by atoms with Gasteiger partial charge in [0.1, 0.15) is 23.0 Å². The summed E-state index contributed by atoms with van der Waals surface area (Å²) in [4.78, 5) is 40.1. The van der Waals surface area contributed by atoms with Crippen molar-refractivity contribution < 1.29 is 27.9 Å². The molecule has 0 fully saturated rings. The molecule has 3 aromatic rings. The van der Waals surface area contributed by atoms with Crippen molar-refractivity contribution >= 4 is 17.5 Å². The zero-order chi connectivity index (χ0) is 25.0. The van der Waals surface area contributed by atoms with Crippen LogP contribution in [0.4, 0.5) is 18.9 Å². The van der Waals surface area contributed by atoms with E-state index in [0.29, 0.717) is 18.4 Å². The highest BCUT2D eigenvalue weighted by molar-refractivity contribution is 6.08. The van der Waals surface area contributed by atoms with Gasteiger partial charge in [0.05, 0.1) is 11.7 Å². The van der Waals surface area contributed by atoms with Gasteiger partial charge in [-0.2, -0.15) is 0 Å². The third-order valence-corrected chi connectivity index (χ3v) is 6.62. The summed E-state index contributed by atoms with van der Waals surface area (Å²) in [5.41, 5.74) is -1.25. The molecule has 35 heavy (non-hydrogen) atoms. The van der Waals surface area contributed by atoms with Gasteiger partial charge in [0.2, 0.25) is 5.43 Å². The van der Waals surface area contributed by atoms with Gasteiger partial charge >= 0.3 is 0 Å². The molecule has 7 nitrogen and oxygen atoms in total. The molecule has 180 valence electrons. The number of aromatic hydroxyl groups is 1. The number of anilines is 1. The second-order valence-electron chi connectivity index (χ2n) is 8.66. The van der Waals surface area contributed by atoms with Crippen LogP contribution in [0.5, 0.6) is 5.75 Å². The van der Waals surface area contributed by atoms with Crippen LogP contribution in [-0.2, 0) is 13.0 Å². The maximum Gasteiger partial charge on any atom is 0.279 e. The van der Waals surface area contributed by atoms with E-state index in [1.807, 2.05) is 0 Å². The predicted molar refractivity (Wildman–Crippen MR) is 120 cm³/mol. The number of aryl methyl sites for hydroxylation is 1. The second-order valence-corrected chi connectivity index (χ2v) is 8.66. The van der Waals surface area contributed by atoms with Crippen LogP contribution in [0.1, 0.15) is 50.0 Å². The van der Waals surface area contributed by atoms with Crippen molar-refractivity contribution in [2.45, 2.75) is 32.4 Å². The van der Waals surface area contributed by atoms with Crippen molar-refractivity contribution in [3.63, 3.8) is 0 Å². The van der Waals surface area contributed by atoms with Gasteiger partial charge in [-0.1, -0.05) is 18.2 Å². The number of amides is 2. The first kappa shape index (κ1) is 22.7. The van der Waals surface area contributed by atoms with Gasteiger partial charge in [0, 0.05) is 30.4 Å². The summed E-state index contributed by atoms with van der Waals surface area (Å²) in [6.45, 7) is 1.04. The van der Waals surface area contributed by atoms with Crippen molar-refractivity contribution in [3.8, 4) is 5.75 Å². The van der Waals surface area contributed by atoms with E-state index in [4.69, 9.17) is 0 Å². The van der Waals surface area contributed by atoms with Gasteiger partial charge < -0.3 is 19.9 Å². The Morgan fingerprint density at radius 3 is 2.69 bits per heavy atom. The van der Waals surface area contributed by atoms with E-state index in [-0.39, 0.29) is 35.6 Å². The molecule has 10 heteroatoms. The van der Waals surface area contributed by atoms with Crippen LogP contribution in [0.2, 0.25) is 0 Å². The fourth-order valence-corrected chi connectivity index (χ4v) is 4.72. The summed E-state index contributed by atoms with van der Waals surface area (Å²) in [5.74, 6) is -4.67. The molecule has 2 aliphatic rings. The Morgan fingerprint density at radius 1 is 1.14 bits per heavy atom. The highest BCUT2D eigenvalue weighted by atomic mass is 19.1. The maximum absolute atomic E-state index is 14.6. The number of rotatable bonds is 3. The average molecular weight is 483 g/mol. The molecular formula is C25H20F3N3O4. The van der Waals surface area contributed by atoms with E-state index in [1.165, 1.54) is 34.7 Å². The summed E-state index contributed by atoms with van der Waals surface area (Å²) >= 11 is 0. The third kappa shape index (κ3) is 3.56. The molecule has 2 bridgehead atoms. The molecule has 0 saturated heterocycles. The summed E-state index contributed by atoms with van der Waals surface area (Å²) < 4.78 is 43.8. The quantitative estimate of drug-likeness (QED) is 0.598. The number of carbonyl (C=O) groups excluding carboxylic acids is 2. The molecule has 0 spiro atoms. The summed E-state index contributed by atoms with van der Waals surface area (Å²) in [5, 5.41) is 13.1. The third-order valence-electron chi connectivity index (χ3n) is 6.62. The van der Waals surface area contributed by atoms with Gasteiger partial charge in [0.15, 0.2) is 11.4 Å². The van der Waals surface area contributed by atoms with E-state index in [9.17, 15) is 32.7 Å². The Kier molecular flexibility index (Phi) is 5.38. The number of para-hydroxylation sites is 1. The molecule has 0 saturated carbocycles. The van der Waals surface area contributed by atoms with Gasteiger partial charge in [-0.25, -0.2) is 13.2 Å². The van der Waals surface area contributed by atoms with Crippen LogP contribution in [0.15, 0.2) is 41.3 Å². The second kappa shape index (κ2) is 8.30. The molecule has 2 aliphatic heterocycles. The fourth-order valence-electron chi connectivity index (χ4n) is 4.72. The summed E-state index contributed by atoms with van der Waals surface area (Å²) in [6, 6.07) is 6.35. The molecule has 0 unspecified atom stereocenters. The van der Waals surface area contributed by atoms with Crippen molar-refractivity contribution in [3.05, 3.63) is 92.2 Å². The lowest BCUT2D eigenvalue weighted by atomic mass is 10.0. The van der Waals surface area contributed by atoms with Gasteiger partial charge in [-0.15, -0.1) is 0 Å². The standard InChI is InChI=1S/C25H20F3N3O4/c1-12-17(26)8-6-14(19(12)28)9-29-24(34)16-11-30-15-7-5-13-3-2-4-18(27)20(13)31(10-15)25(35)21(30)23(33)22(16)32/h2-4,6,8,11,15,33H,5,7,9-10H2,1H3,(H,29,34)/t15-/m1/s1. The molecular weight excluding hydrogens is 463 g/mol. The van der Waals surface area contributed by atoms with E-state index in [0.717, 1.165) is 6.07 Å². The molecule has 2 N–H and O–H groups in total. The molecule has 2 amide bonds. The Balaban J connectivity index is 1.50. The maximum atomic E-state index is 14.6. The number of nitrogens with one attached hydrogen (secondary N) is 1. The van der Waals surface area contributed by atoms with E-state index in [1.54, 1.807) is 12.1 Å². The van der Waals surface area contributed by atoms with Crippen LogP contribution in [0, 0.1) is 24.4 Å². The first-order valence-corrected chi connectivity index (χ1v) is 11.0. The first-order valence-electron chi connectivity index (χ1n) is 11.0. The SMILES string of the molecule is Cc1c(F)ccc(CNC(=O)c2cn3c(c(O)c2=O)C(=O)N2C[C@H]3CCc3cccc(F)c32)c1F.